The smallest absolute Gasteiger partial charge is 0.268 e. The van der Waals surface area contributed by atoms with Crippen LogP contribution in [0.25, 0.3) is 10.9 Å². The number of allylic oxidation sites excluding steroid dienone is 1. The molecule has 3 unspecified atom stereocenters. The molecule has 2 fully saturated rings. The fraction of sp³-hybridized carbons (Fsp3) is 0.500. The third-order valence-corrected chi connectivity index (χ3v) is 8.69. The highest BCUT2D eigenvalue weighted by molar-refractivity contribution is 5.98. The van der Waals surface area contributed by atoms with Crippen LogP contribution in [0, 0.1) is 11.8 Å². The Morgan fingerprint density at radius 3 is 2.38 bits per heavy atom. The number of alkyl halides is 1. The molecule has 1 aromatic carbocycles. The summed E-state index contributed by atoms with van der Waals surface area (Å²) < 4.78 is 15.7. The summed E-state index contributed by atoms with van der Waals surface area (Å²) >= 11 is 0. The van der Waals surface area contributed by atoms with E-state index < -0.39 is 29.7 Å². The molecule has 1 amide bonds. The Labute approximate surface area is 261 Å². The molecule has 1 aromatic heterocycles. The molecule has 1 saturated heterocycles. The fourth-order valence-corrected chi connectivity index (χ4v) is 6.34. The molecule has 2 aliphatic rings. The fourth-order valence-electron chi connectivity index (χ4n) is 6.34. The van der Waals surface area contributed by atoms with E-state index >= 15 is 4.39 Å². The summed E-state index contributed by atoms with van der Waals surface area (Å²) in [5, 5.41) is 12.5. The zero-order valence-corrected chi connectivity index (χ0v) is 25.6. The minimum atomic E-state index is -2.11. The molecule has 0 radical (unpaired) electrons. The third-order valence-electron chi connectivity index (χ3n) is 8.69. The second kappa shape index (κ2) is 15.4. The van der Waals surface area contributed by atoms with E-state index in [0.29, 0.717) is 31.5 Å². The van der Waals surface area contributed by atoms with Crippen molar-refractivity contribution in [3.8, 4) is 0 Å². The van der Waals surface area contributed by atoms with E-state index in [1.807, 2.05) is 36.1 Å². The van der Waals surface area contributed by atoms with Gasteiger partial charge in [0.15, 0.2) is 0 Å². The Kier molecular flexibility index (Phi) is 11.4. The molecule has 4 rings (SSSR count). The number of fused-ring (bicyclic) bond motifs is 1. The monoisotopic (exact) mass is 617 g/mol. The van der Waals surface area contributed by atoms with Crippen molar-refractivity contribution in [2.75, 3.05) is 6.54 Å². The van der Waals surface area contributed by atoms with Gasteiger partial charge in [-0.05, 0) is 51.2 Å². The van der Waals surface area contributed by atoms with Crippen LogP contribution < -0.4 is 21.3 Å². The average molecular weight is 618 g/mol. The van der Waals surface area contributed by atoms with Crippen molar-refractivity contribution in [2.45, 2.75) is 89.0 Å². The van der Waals surface area contributed by atoms with Gasteiger partial charge in [0, 0.05) is 29.4 Å². The Balaban J connectivity index is 1.60. The minimum absolute atomic E-state index is 0.0322. The number of nitrogens with one attached hydrogen (secondary N) is 5. The van der Waals surface area contributed by atoms with Gasteiger partial charge in [-0.1, -0.05) is 50.3 Å². The van der Waals surface area contributed by atoms with Crippen LogP contribution >= 0.6 is 0 Å². The number of halogens is 1. The number of hydrogen-bond donors (Lipinski definition) is 5. The topological polar surface area (TPSA) is 149 Å². The van der Waals surface area contributed by atoms with Crippen molar-refractivity contribution in [1.82, 2.24) is 26.3 Å². The lowest BCUT2D eigenvalue weighted by Crippen LogP contribution is -2.53. The molecule has 1 saturated carbocycles. The molecule has 0 bridgehead atoms. The number of H-pyrrole nitrogens is 1. The quantitative estimate of drug-likeness (QED) is 0.203. The van der Waals surface area contributed by atoms with E-state index in [-0.39, 0.29) is 28.9 Å². The highest BCUT2D eigenvalue weighted by atomic mass is 19.1. The van der Waals surface area contributed by atoms with Gasteiger partial charge >= 0.3 is 0 Å². The summed E-state index contributed by atoms with van der Waals surface area (Å²) in [6.07, 6.45) is 7.60. The Bertz CT molecular complexity index is 1530. The maximum Gasteiger partial charge on any atom is 0.268 e. The van der Waals surface area contributed by atoms with Crippen molar-refractivity contribution in [2.24, 2.45) is 11.8 Å². The largest absolute Gasteiger partial charge is 0.379 e. The molecule has 11 heteroatoms. The molecule has 5 N–H and O–H groups in total. The standard InChI is InChI=1S/C34H40FN5O5/c1-34(2,35)32(40-33(45)28-18-23-10-6-7-11-26(23)38-28)31(21-44)39-27(16-22-8-4-3-5-9-22)30(20-43)37-25(13-15-41)17-24-12-14-36-29(24)19-42/h6-7,10-11,13,18,22,24-25,27,32,36-39H,3-5,8-9,12,14,16-17H2,1-2H3,(H,40,45)/t24-,25?,27?,32?/m0/s1. The highest BCUT2D eigenvalue weighted by Gasteiger charge is 2.37. The number of carbonyl (C=O) groups is 1. The van der Waals surface area contributed by atoms with E-state index in [0.717, 1.165) is 43.0 Å². The zero-order chi connectivity index (χ0) is 32.4. The number of aromatic nitrogens is 1. The molecule has 0 spiro atoms. The Hall–Kier alpha value is -4.64. The maximum atomic E-state index is 15.7. The van der Waals surface area contributed by atoms with Crippen LogP contribution in [-0.4, -0.2) is 65.0 Å². The number of para-hydroxylation sites is 1. The molecule has 2 heterocycles. The van der Waals surface area contributed by atoms with Crippen LogP contribution in [0.1, 0.15) is 75.7 Å². The van der Waals surface area contributed by atoms with Crippen molar-refractivity contribution < 1.29 is 28.4 Å². The molecule has 10 nitrogen and oxygen atoms in total. The van der Waals surface area contributed by atoms with Crippen LogP contribution in [0.3, 0.4) is 0 Å². The first-order chi connectivity index (χ1) is 21.7. The van der Waals surface area contributed by atoms with Crippen molar-refractivity contribution in [3.05, 3.63) is 59.2 Å². The summed E-state index contributed by atoms with van der Waals surface area (Å²) in [7, 11) is 0. The van der Waals surface area contributed by atoms with Crippen LogP contribution in [0.2, 0.25) is 0 Å². The third kappa shape index (κ3) is 8.72. The van der Waals surface area contributed by atoms with E-state index in [2.05, 4.69) is 26.3 Å². The van der Waals surface area contributed by atoms with E-state index in [9.17, 15) is 24.0 Å². The van der Waals surface area contributed by atoms with Crippen LogP contribution in [-0.2, 0) is 19.2 Å². The van der Waals surface area contributed by atoms with E-state index in [1.54, 1.807) is 17.9 Å². The van der Waals surface area contributed by atoms with Crippen molar-refractivity contribution in [1.29, 1.82) is 0 Å². The summed E-state index contributed by atoms with van der Waals surface area (Å²) in [5.41, 5.74) is -1.02. The number of benzene rings is 1. The molecule has 2 aromatic rings. The normalized spacial score (nSPS) is 18.6. The van der Waals surface area contributed by atoms with Gasteiger partial charge in [-0.3, -0.25) is 4.79 Å². The SMILES string of the molecule is CC(C)(F)C(NC(=O)c1cc2ccccc2[nH]1)C(=C=O)NC(CC1CCCCC1)C(=C=O)NC(C=C=O)C[C@@H]1CCNC1=C=O. The number of hydrogen-bond acceptors (Lipinski definition) is 8. The Morgan fingerprint density at radius 1 is 1.00 bits per heavy atom. The van der Waals surface area contributed by atoms with Gasteiger partial charge in [0.2, 0.25) is 0 Å². The summed E-state index contributed by atoms with van der Waals surface area (Å²) in [6.45, 7) is 3.07. The van der Waals surface area contributed by atoms with Crippen molar-refractivity contribution >= 4 is 40.6 Å². The molecular weight excluding hydrogens is 577 g/mol. The first-order valence-corrected chi connectivity index (χ1v) is 15.5. The van der Waals surface area contributed by atoms with E-state index in [4.69, 9.17) is 0 Å². The maximum absolute atomic E-state index is 15.7. The molecule has 1 aliphatic heterocycles. The van der Waals surface area contributed by atoms with Crippen molar-refractivity contribution in [3.63, 3.8) is 0 Å². The summed E-state index contributed by atoms with van der Waals surface area (Å²) in [5.74, 6) is 6.76. The van der Waals surface area contributed by atoms with Gasteiger partial charge in [0.1, 0.15) is 52.6 Å². The van der Waals surface area contributed by atoms with Crippen LogP contribution in [0.15, 0.2) is 53.5 Å². The molecular formula is C34H40FN5O5. The van der Waals surface area contributed by atoms with Crippen LogP contribution in [0.5, 0.6) is 0 Å². The Morgan fingerprint density at radius 2 is 1.73 bits per heavy atom. The molecule has 4 atom stereocenters. The minimum Gasteiger partial charge on any atom is -0.379 e. The predicted molar refractivity (Wildman–Crippen MR) is 168 cm³/mol. The number of amides is 1. The van der Waals surface area contributed by atoms with Gasteiger partial charge < -0.3 is 26.3 Å². The lowest BCUT2D eigenvalue weighted by atomic mass is 9.83. The van der Waals surface area contributed by atoms with Crippen LogP contribution in [0.4, 0.5) is 4.39 Å². The van der Waals surface area contributed by atoms with Gasteiger partial charge in [-0.15, -0.1) is 0 Å². The second-order valence-electron chi connectivity index (χ2n) is 12.4. The molecule has 1 aliphatic carbocycles. The predicted octanol–water partition coefficient (Wildman–Crippen LogP) is 3.44. The zero-order valence-electron chi connectivity index (χ0n) is 25.6. The first-order valence-electron chi connectivity index (χ1n) is 15.5. The lowest BCUT2D eigenvalue weighted by molar-refractivity contribution is 0.0866. The van der Waals surface area contributed by atoms with Gasteiger partial charge in [0.25, 0.3) is 5.91 Å². The van der Waals surface area contributed by atoms with Gasteiger partial charge in [-0.2, -0.15) is 0 Å². The lowest BCUT2D eigenvalue weighted by Gasteiger charge is -2.34. The number of aromatic amines is 1. The molecule has 45 heavy (non-hydrogen) atoms. The highest BCUT2D eigenvalue weighted by Crippen LogP contribution is 2.30. The number of carbonyl (C=O) groups excluding carboxylic acids is 5. The average Bonchev–Trinajstić information content (AvgIpc) is 3.67. The van der Waals surface area contributed by atoms with Gasteiger partial charge in [0.05, 0.1) is 17.8 Å². The summed E-state index contributed by atoms with van der Waals surface area (Å²) in [6, 6.07) is 5.99. The van der Waals surface area contributed by atoms with E-state index in [1.165, 1.54) is 19.9 Å². The number of rotatable bonds is 14. The van der Waals surface area contributed by atoms with Gasteiger partial charge in [-0.25, -0.2) is 23.6 Å². The molecule has 238 valence electrons. The second-order valence-corrected chi connectivity index (χ2v) is 12.4. The first kappa shape index (κ1) is 33.3. The summed E-state index contributed by atoms with van der Waals surface area (Å²) in [4.78, 5) is 64.0.